The maximum atomic E-state index is 5.77. The van der Waals surface area contributed by atoms with Crippen molar-refractivity contribution in [3.63, 3.8) is 0 Å². The van der Waals surface area contributed by atoms with Gasteiger partial charge in [0.2, 0.25) is 5.88 Å². The molecule has 4 aromatic rings. The predicted octanol–water partition coefficient (Wildman–Crippen LogP) is 3.51. The lowest BCUT2D eigenvalue weighted by molar-refractivity contribution is 0.451. The molecule has 0 bridgehead atoms. The minimum Gasteiger partial charge on any atom is -0.438 e. The Morgan fingerprint density at radius 2 is 1.52 bits per heavy atom. The topological polar surface area (TPSA) is 52.3 Å². The Balaban J connectivity index is 1.66. The van der Waals surface area contributed by atoms with Gasteiger partial charge in [0.05, 0.1) is 0 Å². The molecule has 0 aliphatic heterocycles. The zero-order valence-electron chi connectivity index (χ0n) is 12.3. The quantitative estimate of drug-likeness (QED) is 0.579. The molecule has 0 unspecified atom stereocenters. The molecule has 0 radical (unpaired) electrons. The van der Waals surface area contributed by atoms with E-state index in [0.717, 1.165) is 17.1 Å². The van der Waals surface area contributed by atoms with Crippen molar-refractivity contribution in [2.75, 3.05) is 0 Å². The summed E-state index contributed by atoms with van der Waals surface area (Å²) >= 11 is 0. The number of fused-ring (bicyclic) bond motifs is 1. The highest BCUT2D eigenvalue weighted by molar-refractivity contribution is 5.39. The Morgan fingerprint density at radius 3 is 2.30 bits per heavy atom. The van der Waals surface area contributed by atoms with Gasteiger partial charge >= 0.3 is 0 Å². The van der Waals surface area contributed by atoms with Gasteiger partial charge in [-0.3, -0.25) is 0 Å². The Bertz CT molecular complexity index is 920. The fraction of sp³-hybridized carbons (Fsp3) is 0.0556. The first-order valence-corrected chi connectivity index (χ1v) is 7.37. The van der Waals surface area contributed by atoms with Gasteiger partial charge in [0, 0.05) is 12.5 Å². The van der Waals surface area contributed by atoms with Crippen LogP contribution < -0.4 is 4.74 Å². The van der Waals surface area contributed by atoms with Crippen LogP contribution in [0.4, 0.5) is 0 Å². The summed E-state index contributed by atoms with van der Waals surface area (Å²) in [6.45, 7) is 0. The summed E-state index contributed by atoms with van der Waals surface area (Å²) in [6.07, 6.45) is 0.670. The van der Waals surface area contributed by atoms with E-state index in [0.29, 0.717) is 17.9 Å². The van der Waals surface area contributed by atoms with Crippen LogP contribution in [-0.2, 0) is 6.42 Å². The van der Waals surface area contributed by atoms with Crippen molar-refractivity contribution < 1.29 is 4.74 Å². The highest BCUT2D eigenvalue weighted by Crippen LogP contribution is 2.19. The van der Waals surface area contributed by atoms with Crippen LogP contribution in [0.15, 0.2) is 72.8 Å². The largest absolute Gasteiger partial charge is 0.438 e. The third-order valence-electron chi connectivity index (χ3n) is 3.47. The van der Waals surface area contributed by atoms with Crippen LogP contribution in [0.25, 0.3) is 5.65 Å². The van der Waals surface area contributed by atoms with Gasteiger partial charge in [0.25, 0.3) is 0 Å². The fourth-order valence-electron chi connectivity index (χ4n) is 2.37. The summed E-state index contributed by atoms with van der Waals surface area (Å²) < 4.78 is 7.50. The first-order chi connectivity index (χ1) is 11.4. The van der Waals surface area contributed by atoms with Gasteiger partial charge < -0.3 is 4.74 Å². The van der Waals surface area contributed by atoms with E-state index in [1.165, 1.54) is 0 Å². The molecule has 5 heteroatoms. The number of benzene rings is 2. The average Bonchev–Trinajstić information content (AvgIpc) is 2.99. The molecule has 112 valence electrons. The monoisotopic (exact) mass is 302 g/mol. The molecule has 0 fully saturated rings. The summed E-state index contributed by atoms with van der Waals surface area (Å²) in [7, 11) is 0. The summed E-state index contributed by atoms with van der Waals surface area (Å²) in [5.41, 5.74) is 1.87. The van der Waals surface area contributed by atoms with Gasteiger partial charge in [-0.2, -0.15) is 4.52 Å². The Kier molecular flexibility index (Phi) is 3.44. The minimum absolute atomic E-state index is 0.512. The van der Waals surface area contributed by atoms with Crippen LogP contribution in [0.2, 0.25) is 0 Å². The van der Waals surface area contributed by atoms with Crippen molar-refractivity contribution in [1.29, 1.82) is 0 Å². The Labute approximate surface area is 133 Å². The van der Waals surface area contributed by atoms with E-state index in [1.807, 2.05) is 54.6 Å². The van der Waals surface area contributed by atoms with Gasteiger partial charge in [-0.1, -0.05) is 48.5 Å². The van der Waals surface area contributed by atoms with Gasteiger partial charge in [-0.25, -0.2) is 0 Å². The number of nitrogens with zero attached hydrogens (tertiary/aromatic N) is 4. The maximum absolute atomic E-state index is 5.77. The molecule has 5 nitrogen and oxygen atoms in total. The number of hydrogen-bond acceptors (Lipinski definition) is 4. The summed E-state index contributed by atoms with van der Waals surface area (Å²) in [4.78, 5) is 0. The van der Waals surface area contributed by atoms with Crippen molar-refractivity contribution in [3.8, 4) is 11.6 Å². The standard InChI is InChI=1S/C18H14N4O/c1-3-7-14(8-4-1)13-17-20-19-16-11-12-18(21-22(16)17)23-15-9-5-2-6-10-15/h1-12H,13H2. The van der Waals surface area contributed by atoms with Gasteiger partial charge in [-0.15, -0.1) is 15.3 Å². The molecule has 0 N–H and O–H groups in total. The van der Waals surface area contributed by atoms with E-state index in [9.17, 15) is 0 Å². The molecule has 2 heterocycles. The first kappa shape index (κ1) is 13.5. The normalized spacial score (nSPS) is 10.8. The lowest BCUT2D eigenvalue weighted by Crippen LogP contribution is -2.01. The highest BCUT2D eigenvalue weighted by atomic mass is 16.5. The smallest absolute Gasteiger partial charge is 0.237 e. The van der Waals surface area contributed by atoms with Crippen LogP contribution in [0, 0.1) is 0 Å². The molecule has 0 aliphatic rings. The molecular weight excluding hydrogens is 288 g/mol. The van der Waals surface area contributed by atoms with Crippen LogP contribution in [0.5, 0.6) is 11.6 Å². The molecule has 0 amide bonds. The lowest BCUT2D eigenvalue weighted by Gasteiger charge is -2.05. The Morgan fingerprint density at radius 1 is 0.783 bits per heavy atom. The SMILES string of the molecule is c1ccc(Cc2nnc3ccc(Oc4ccccc4)nn23)cc1. The zero-order valence-corrected chi connectivity index (χ0v) is 12.3. The van der Waals surface area contributed by atoms with Crippen molar-refractivity contribution in [1.82, 2.24) is 19.8 Å². The zero-order chi connectivity index (χ0) is 15.5. The Hall–Kier alpha value is -3.21. The first-order valence-electron chi connectivity index (χ1n) is 7.37. The average molecular weight is 302 g/mol. The second-order valence-corrected chi connectivity index (χ2v) is 5.14. The van der Waals surface area contributed by atoms with Gasteiger partial charge in [-0.05, 0) is 23.8 Å². The van der Waals surface area contributed by atoms with Crippen LogP contribution in [0.1, 0.15) is 11.4 Å². The number of rotatable bonds is 4. The molecule has 2 aromatic heterocycles. The molecule has 4 rings (SSSR count). The van der Waals surface area contributed by atoms with E-state index >= 15 is 0 Å². The van der Waals surface area contributed by atoms with Crippen molar-refractivity contribution in [2.45, 2.75) is 6.42 Å². The molecule has 0 aliphatic carbocycles. The molecule has 0 spiro atoms. The predicted molar refractivity (Wildman–Crippen MR) is 86.5 cm³/mol. The van der Waals surface area contributed by atoms with Crippen molar-refractivity contribution in [3.05, 3.63) is 84.2 Å². The van der Waals surface area contributed by atoms with Gasteiger partial charge in [0.15, 0.2) is 11.5 Å². The van der Waals surface area contributed by atoms with E-state index in [-0.39, 0.29) is 0 Å². The molecular formula is C18H14N4O. The summed E-state index contributed by atoms with van der Waals surface area (Å²) in [6, 6.07) is 23.4. The van der Waals surface area contributed by atoms with Crippen LogP contribution in [0.3, 0.4) is 0 Å². The molecule has 23 heavy (non-hydrogen) atoms. The van der Waals surface area contributed by atoms with Crippen LogP contribution in [-0.4, -0.2) is 19.8 Å². The van der Waals surface area contributed by atoms with Crippen molar-refractivity contribution in [2.24, 2.45) is 0 Å². The lowest BCUT2D eigenvalue weighted by atomic mass is 10.1. The minimum atomic E-state index is 0.512. The summed E-state index contributed by atoms with van der Waals surface area (Å²) in [5, 5.41) is 12.9. The molecule has 0 saturated carbocycles. The number of ether oxygens (including phenoxy) is 1. The number of hydrogen-bond donors (Lipinski definition) is 0. The second-order valence-electron chi connectivity index (χ2n) is 5.14. The molecule has 2 aromatic carbocycles. The number of aromatic nitrogens is 4. The summed E-state index contributed by atoms with van der Waals surface area (Å²) in [5.74, 6) is 2.04. The van der Waals surface area contributed by atoms with E-state index < -0.39 is 0 Å². The van der Waals surface area contributed by atoms with Crippen LogP contribution >= 0.6 is 0 Å². The van der Waals surface area contributed by atoms with E-state index in [1.54, 1.807) is 10.6 Å². The third kappa shape index (κ3) is 2.89. The fourth-order valence-corrected chi connectivity index (χ4v) is 2.37. The van der Waals surface area contributed by atoms with Gasteiger partial charge in [0.1, 0.15) is 5.75 Å². The van der Waals surface area contributed by atoms with E-state index in [2.05, 4.69) is 27.4 Å². The molecule has 0 saturated heterocycles. The van der Waals surface area contributed by atoms with E-state index in [4.69, 9.17) is 4.74 Å². The maximum Gasteiger partial charge on any atom is 0.237 e. The van der Waals surface area contributed by atoms with Crippen molar-refractivity contribution >= 4 is 5.65 Å². The molecule has 0 atom stereocenters. The second kappa shape index (κ2) is 5.88. The third-order valence-corrected chi connectivity index (χ3v) is 3.47. The number of para-hydroxylation sites is 1. The highest BCUT2D eigenvalue weighted by Gasteiger charge is 2.09.